The predicted molar refractivity (Wildman–Crippen MR) is 115 cm³/mol. The van der Waals surface area contributed by atoms with Crippen LogP contribution in [0, 0.1) is 18.6 Å². The van der Waals surface area contributed by atoms with E-state index in [2.05, 4.69) is 10.0 Å². The number of hydrogen-bond acceptors (Lipinski definition) is 4. The highest BCUT2D eigenvalue weighted by Crippen LogP contribution is 2.28. The molecule has 2 N–H and O–H groups in total. The third-order valence-corrected chi connectivity index (χ3v) is 6.49. The van der Waals surface area contributed by atoms with Gasteiger partial charge in [-0.3, -0.25) is 9.52 Å². The Morgan fingerprint density at radius 2 is 1.59 bits per heavy atom. The minimum atomic E-state index is -4.10. The van der Waals surface area contributed by atoms with Crippen molar-refractivity contribution in [3.63, 3.8) is 0 Å². The number of anilines is 2. The number of alkyl halides is 2. The molecule has 0 unspecified atom stereocenters. The summed E-state index contributed by atoms with van der Waals surface area (Å²) in [7, 11) is -4.10. The maximum Gasteiger partial charge on any atom is 0.288 e. The van der Waals surface area contributed by atoms with Crippen molar-refractivity contribution in [2.45, 2.75) is 22.5 Å². The number of nitrogens with one attached hydrogen (secondary N) is 2. The van der Waals surface area contributed by atoms with Gasteiger partial charge in [0, 0.05) is 22.3 Å². The quantitative estimate of drug-likeness (QED) is 0.336. The molecule has 1 amide bonds. The molecule has 0 aromatic heterocycles. The van der Waals surface area contributed by atoms with E-state index in [-0.39, 0.29) is 21.2 Å². The Kier molecular flexibility index (Phi) is 7.09. The first-order valence-electron chi connectivity index (χ1n) is 9.00. The highest BCUT2D eigenvalue weighted by Gasteiger charge is 2.19. The molecule has 5 nitrogen and oxygen atoms in total. The van der Waals surface area contributed by atoms with E-state index in [1.54, 1.807) is 6.92 Å². The van der Waals surface area contributed by atoms with Gasteiger partial charge in [0.2, 0.25) is 0 Å². The zero-order chi connectivity index (χ0) is 23.5. The number of carbonyl (C=O) groups excluding carboxylic acids is 1. The Morgan fingerprint density at radius 1 is 0.938 bits per heavy atom. The molecule has 0 radical (unpaired) electrons. The number of carbonyl (C=O) groups is 1. The van der Waals surface area contributed by atoms with Gasteiger partial charge in [0.05, 0.1) is 10.5 Å². The van der Waals surface area contributed by atoms with Crippen LogP contribution >= 0.6 is 11.8 Å². The number of benzene rings is 3. The first-order chi connectivity index (χ1) is 15.0. The van der Waals surface area contributed by atoms with Gasteiger partial charge in [-0.25, -0.2) is 17.2 Å². The lowest BCUT2D eigenvalue weighted by Crippen LogP contribution is -2.17. The Bertz CT molecular complexity index is 1250. The van der Waals surface area contributed by atoms with Gasteiger partial charge in [0.25, 0.3) is 21.7 Å². The van der Waals surface area contributed by atoms with E-state index in [1.165, 1.54) is 42.5 Å². The number of halogens is 4. The normalized spacial score (nSPS) is 11.4. The van der Waals surface area contributed by atoms with Crippen molar-refractivity contribution < 1.29 is 30.8 Å². The number of aryl methyl sites for hydroxylation is 1. The topological polar surface area (TPSA) is 75.3 Å². The average molecular weight is 484 g/mol. The van der Waals surface area contributed by atoms with Crippen molar-refractivity contribution in [1.29, 1.82) is 0 Å². The Hall–Kier alpha value is -3.05. The molecule has 0 aliphatic rings. The molecular formula is C21H16F4N2O3S2. The molecule has 0 saturated carbocycles. The molecular weight excluding hydrogens is 468 g/mol. The van der Waals surface area contributed by atoms with Gasteiger partial charge in [0.15, 0.2) is 0 Å². The summed E-state index contributed by atoms with van der Waals surface area (Å²) in [6.45, 7) is 1.54. The molecule has 0 heterocycles. The van der Waals surface area contributed by atoms with Crippen LogP contribution in [0.4, 0.5) is 28.9 Å². The van der Waals surface area contributed by atoms with Crippen LogP contribution in [0.15, 0.2) is 70.5 Å². The van der Waals surface area contributed by atoms with E-state index in [4.69, 9.17) is 0 Å². The molecule has 0 atom stereocenters. The highest BCUT2D eigenvalue weighted by atomic mass is 32.2. The Morgan fingerprint density at radius 3 is 2.22 bits per heavy atom. The lowest BCUT2D eigenvalue weighted by Gasteiger charge is -2.13. The van der Waals surface area contributed by atoms with E-state index < -0.39 is 38.9 Å². The standard InChI is InChI=1S/C21H16F4N2O3S2/c1-12-2-4-15(26-20(28)17-9-3-13(22)10-18(17)23)11-19(12)32(29,30)27-14-5-7-16(8-6-14)31-21(24)25/h2-11,21,27H,1H3,(H,26,28). The zero-order valence-corrected chi connectivity index (χ0v) is 18.0. The number of thioether (sulfide) groups is 1. The summed E-state index contributed by atoms with van der Waals surface area (Å²) in [5.41, 5.74) is 0.198. The van der Waals surface area contributed by atoms with Crippen molar-refractivity contribution >= 4 is 39.1 Å². The Labute approximate surface area is 185 Å². The van der Waals surface area contributed by atoms with E-state index in [1.807, 2.05) is 0 Å². The number of hydrogen-bond donors (Lipinski definition) is 2. The van der Waals surface area contributed by atoms with Crippen LogP contribution in [-0.2, 0) is 10.0 Å². The molecule has 0 aliphatic carbocycles. The third kappa shape index (κ3) is 5.80. The fourth-order valence-corrected chi connectivity index (χ4v) is 4.58. The van der Waals surface area contributed by atoms with Crippen molar-refractivity contribution in [3.05, 3.63) is 83.4 Å². The van der Waals surface area contributed by atoms with Crippen molar-refractivity contribution in [2.75, 3.05) is 10.0 Å². The second-order valence-corrected chi connectivity index (χ2v) is 9.28. The van der Waals surface area contributed by atoms with Gasteiger partial charge in [-0.05, 0) is 61.0 Å². The predicted octanol–water partition coefficient (Wildman–Crippen LogP) is 5.64. The molecule has 3 aromatic rings. The van der Waals surface area contributed by atoms with Crippen LogP contribution in [0.2, 0.25) is 0 Å². The summed E-state index contributed by atoms with van der Waals surface area (Å²) >= 11 is 0.333. The van der Waals surface area contributed by atoms with Crippen molar-refractivity contribution in [1.82, 2.24) is 0 Å². The van der Waals surface area contributed by atoms with E-state index >= 15 is 0 Å². The van der Waals surface area contributed by atoms with Crippen LogP contribution in [0.25, 0.3) is 0 Å². The number of rotatable bonds is 7. The molecule has 0 spiro atoms. The minimum Gasteiger partial charge on any atom is -0.322 e. The molecule has 3 rings (SSSR count). The van der Waals surface area contributed by atoms with Gasteiger partial charge in [-0.15, -0.1) is 0 Å². The average Bonchev–Trinajstić information content (AvgIpc) is 2.70. The van der Waals surface area contributed by atoms with Crippen molar-refractivity contribution in [2.24, 2.45) is 0 Å². The Balaban J connectivity index is 1.81. The zero-order valence-electron chi connectivity index (χ0n) is 16.4. The molecule has 3 aromatic carbocycles. The first-order valence-corrected chi connectivity index (χ1v) is 11.4. The fourth-order valence-electron chi connectivity index (χ4n) is 2.75. The van der Waals surface area contributed by atoms with E-state index in [0.717, 1.165) is 12.1 Å². The maximum atomic E-state index is 13.8. The largest absolute Gasteiger partial charge is 0.322 e. The van der Waals surface area contributed by atoms with Gasteiger partial charge >= 0.3 is 0 Å². The van der Waals surface area contributed by atoms with Gasteiger partial charge in [-0.2, -0.15) is 8.78 Å². The van der Waals surface area contributed by atoms with Gasteiger partial charge < -0.3 is 5.32 Å². The summed E-state index contributed by atoms with van der Waals surface area (Å²) in [5, 5.41) is 2.38. The lowest BCUT2D eigenvalue weighted by molar-refractivity contribution is 0.102. The molecule has 0 aliphatic heterocycles. The van der Waals surface area contributed by atoms with Crippen LogP contribution in [0.1, 0.15) is 15.9 Å². The summed E-state index contributed by atoms with van der Waals surface area (Å²) in [6, 6.07) is 12.0. The number of sulfonamides is 1. The second kappa shape index (κ2) is 9.61. The molecule has 0 fully saturated rings. The lowest BCUT2D eigenvalue weighted by atomic mass is 10.1. The fraction of sp³-hybridized carbons (Fsp3) is 0.0952. The smallest absolute Gasteiger partial charge is 0.288 e. The summed E-state index contributed by atoms with van der Waals surface area (Å²) in [5.74, 6) is -5.37. The summed E-state index contributed by atoms with van der Waals surface area (Å²) < 4.78 is 79.7. The van der Waals surface area contributed by atoms with Crippen LogP contribution in [0.3, 0.4) is 0 Å². The van der Waals surface area contributed by atoms with Crippen LogP contribution in [-0.4, -0.2) is 20.1 Å². The van der Waals surface area contributed by atoms with Gasteiger partial charge in [0.1, 0.15) is 11.6 Å². The third-order valence-electron chi connectivity index (χ3n) is 4.24. The first kappa shape index (κ1) is 23.6. The van der Waals surface area contributed by atoms with E-state index in [9.17, 15) is 30.8 Å². The molecule has 0 bridgehead atoms. The number of amides is 1. The maximum absolute atomic E-state index is 13.8. The second-order valence-electron chi connectivity index (χ2n) is 6.57. The highest BCUT2D eigenvalue weighted by molar-refractivity contribution is 7.99. The SMILES string of the molecule is Cc1ccc(NC(=O)c2ccc(F)cc2F)cc1S(=O)(=O)Nc1ccc(SC(F)F)cc1. The van der Waals surface area contributed by atoms with E-state index in [0.29, 0.717) is 23.4 Å². The summed E-state index contributed by atoms with van der Waals surface area (Å²) in [4.78, 5) is 12.4. The molecule has 11 heteroatoms. The van der Waals surface area contributed by atoms with Gasteiger partial charge in [-0.1, -0.05) is 17.8 Å². The molecule has 0 saturated heterocycles. The minimum absolute atomic E-state index is 0.0772. The summed E-state index contributed by atoms with van der Waals surface area (Å²) in [6.07, 6.45) is 0. The monoisotopic (exact) mass is 484 g/mol. The van der Waals surface area contributed by atoms with Crippen LogP contribution in [0.5, 0.6) is 0 Å². The van der Waals surface area contributed by atoms with Crippen LogP contribution < -0.4 is 10.0 Å². The molecule has 32 heavy (non-hydrogen) atoms. The van der Waals surface area contributed by atoms with Crippen molar-refractivity contribution in [3.8, 4) is 0 Å². The molecule has 168 valence electrons.